The number of hydrogen-bond donors (Lipinski definition) is 3. The molecular weight excluding hydrogens is 404 g/mol. The Kier molecular flexibility index (Phi) is 5.40. The zero-order valence-electron chi connectivity index (χ0n) is 16.6. The Balaban J connectivity index is 0.00000218. The summed E-state index contributed by atoms with van der Waals surface area (Å²) in [5, 5.41) is 7.09. The van der Waals surface area contributed by atoms with Crippen molar-refractivity contribution < 1.29 is 14.3 Å². The van der Waals surface area contributed by atoms with Crippen LogP contribution in [0, 0.1) is 0 Å². The van der Waals surface area contributed by atoms with Gasteiger partial charge in [0.2, 0.25) is 0 Å². The van der Waals surface area contributed by atoms with Gasteiger partial charge in [-0.05, 0) is 36.4 Å². The van der Waals surface area contributed by atoms with Gasteiger partial charge in [-0.3, -0.25) is 9.59 Å². The van der Waals surface area contributed by atoms with Crippen molar-refractivity contribution >= 4 is 35.1 Å². The molecule has 2 aromatic carbocycles. The average Bonchev–Trinajstić information content (AvgIpc) is 3.37. The Labute approximate surface area is 180 Å². The molecule has 0 bridgehead atoms. The van der Waals surface area contributed by atoms with Gasteiger partial charge in [-0.2, -0.15) is 0 Å². The van der Waals surface area contributed by atoms with Crippen molar-refractivity contribution in [2.24, 2.45) is 0 Å². The zero-order valence-corrected chi connectivity index (χ0v) is 17.4. The number of fused-ring (bicyclic) bond motifs is 2. The number of halogens is 1. The SMILES string of the molecule is COc1ccc(-c2cc3cc(C(=O)N4CCNCC4)ccc3[nH]2)c2c1CNC2=O.Cl. The summed E-state index contributed by atoms with van der Waals surface area (Å²) >= 11 is 0. The molecule has 0 unspecified atom stereocenters. The fourth-order valence-corrected chi connectivity index (χ4v) is 4.20. The molecule has 0 radical (unpaired) electrons. The van der Waals surface area contributed by atoms with Crippen molar-refractivity contribution in [1.82, 2.24) is 20.5 Å². The summed E-state index contributed by atoms with van der Waals surface area (Å²) in [4.78, 5) is 30.5. The van der Waals surface area contributed by atoms with Crippen molar-refractivity contribution in [3.8, 4) is 17.0 Å². The standard InChI is InChI=1S/C22H22N4O3.ClH/c1-29-19-5-3-15(20-16(19)12-24-21(20)27)18-11-14-10-13(2-4-17(14)25-18)22(28)26-8-6-23-7-9-26;/h2-5,10-11,23,25H,6-9,12H2,1H3,(H,24,27);1H. The summed E-state index contributed by atoms with van der Waals surface area (Å²) in [5.74, 6) is 0.671. The molecule has 7 nitrogen and oxygen atoms in total. The fourth-order valence-electron chi connectivity index (χ4n) is 4.20. The lowest BCUT2D eigenvalue weighted by Gasteiger charge is -2.27. The zero-order chi connectivity index (χ0) is 20.0. The van der Waals surface area contributed by atoms with Crippen LogP contribution in [0.5, 0.6) is 5.75 Å². The summed E-state index contributed by atoms with van der Waals surface area (Å²) in [6, 6.07) is 11.5. The van der Waals surface area contributed by atoms with E-state index in [0.29, 0.717) is 23.4 Å². The first-order chi connectivity index (χ1) is 14.2. The maximum absolute atomic E-state index is 12.8. The Bertz CT molecular complexity index is 1130. The number of rotatable bonds is 3. The highest BCUT2D eigenvalue weighted by atomic mass is 35.5. The summed E-state index contributed by atoms with van der Waals surface area (Å²) in [5.41, 5.74) is 4.82. The van der Waals surface area contributed by atoms with Crippen molar-refractivity contribution in [2.75, 3.05) is 33.3 Å². The lowest BCUT2D eigenvalue weighted by atomic mass is 9.99. The maximum atomic E-state index is 12.8. The van der Waals surface area contributed by atoms with Crippen LogP contribution >= 0.6 is 12.4 Å². The molecule has 30 heavy (non-hydrogen) atoms. The Morgan fingerprint density at radius 1 is 1.10 bits per heavy atom. The van der Waals surface area contributed by atoms with Crippen LogP contribution in [-0.4, -0.2) is 55.0 Å². The second-order valence-corrected chi connectivity index (χ2v) is 7.38. The van der Waals surface area contributed by atoms with Crippen LogP contribution in [0.4, 0.5) is 0 Å². The van der Waals surface area contributed by atoms with Gasteiger partial charge >= 0.3 is 0 Å². The molecule has 1 fully saturated rings. The third kappa shape index (κ3) is 3.30. The number of piperazine rings is 1. The number of H-pyrrole nitrogens is 1. The number of amides is 2. The molecule has 3 aromatic rings. The van der Waals surface area contributed by atoms with E-state index >= 15 is 0 Å². The van der Waals surface area contributed by atoms with Gasteiger partial charge in [-0.1, -0.05) is 0 Å². The average molecular weight is 427 g/mol. The first-order valence-electron chi connectivity index (χ1n) is 9.77. The minimum absolute atomic E-state index is 0. The molecule has 0 spiro atoms. The van der Waals surface area contributed by atoms with Crippen LogP contribution in [0.1, 0.15) is 26.3 Å². The van der Waals surface area contributed by atoms with Crippen LogP contribution in [-0.2, 0) is 6.54 Å². The molecule has 0 aliphatic carbocycles. The van der Waals surface area contributed by atoms with Gasteiger partial charge < -0.3 is 25.3 Å². The Morgan fingerprint density at radius 2 is 1.90 bits per heavy atom. The van der Waals surface area contributed by atoms with Crippen molar-refractivity contribution in [3.05, 3.63) is 53.1 Å². The van der Waals surface area contributed by atoms with E-state index in [-0.39, 0.29) is 24.2 Å². The molecule has 1 saturated heterocycles. The molecule has 8 heteroatoms. The third-order valence-electron chi connectivity index (χ3n) is 5.70. The number of benzene rings is 2. The number of methoxy groups -OCH3 is 1. The van der Waals surface area contributed by atoms with Gasteiger partial charge in [0.15, 0.2) is 0 Å². The predicted octanol–water partition coefficient (Wildman–Crippen LogP) is 2.55. The molecule has 1 aromatic heterocycles. The first-order valence-corrected chi connectivity index (χ1v) is 9.77. The Hall–Kier alpha value is -3.03. The number of aromatic amines is 1. The van der Waals surface area contributed by atoms with Crippen molar-refractivity contribution in [3.63, 3.8) is 0 Å². The summed E-state index contributed by atoms with van der Waals surface area (Å²) < 4.78 is 5.41. The summed E-state index contributed by atoms with van der Waals surface area (Å²) in [7, 11) is 1.61. The monoisotopic (exact) mass is 426 g/mol. The summed E-state index contributed by atoms with van der Waals surface area (Å²) in [6.45, 7) is 3.57. The van der Waals surface area contributed by atoms with E-state index in [4.69, 9.17) is 4.74 Å². The fraction of sp³-hybridized carbons (Fsp3) is 0.273. The number of aromatic nitrogens is 1. The molecule has 5 rings (SSSR count). The quantitative estimate of drug-likeness (QED) is 0.600. The smallest absolute Gasteiger partial charge is 0.253 e. The van der Waals surface area contributed by atoms with Crippen LogP contribution in [0.3, 0.4) is 0 Å². The van der Waals surface area contributed by atoms with Crippen LogP contribution < -0.4 is 15.4 Å². The van der Waals surface area contributed by atoms with Crippen molar-refractivity contribution in [2.45, 2.75) is 6.54 Å². The van der Waals surface area contributed by atoms with Gasteiger partial charge in [0.05, 0.1) is 12.7 Å². The van der Waals surface area contributed by atoms with E-state index < -0.39 is 0 Å². The summed E-state index contributed by atoms with van der Waals surface area (Å²) in [6.07, 6.45) is 0. The molecule has 2 amide bonds. The van der Waals surface area contributed by atoms with E-state index in [1.165, 1.54) is 0 Å². The molecule has 0 saturated carbocycles. The molecule has 2 aliphatic rings. The lowest BCUT2D eigenvalue weighted by molar-refractivity contribution is 0.0735. The van der Waals surface area contributed by atoms with E-state index in [0.717, 1.165) is 53.9 Å². The van der Waals surface area contributed by atoms with E-state index in [1.807, 2.05) is 41.3 Å². The van der Waals surface area contributed by atoms with E-state index in [9.17, 15) is 9.59 Å². The molecule has 3 N–H and O–H groups in total. The minimum Gasteiger partial charge on any atom is -0.496 e. The topological polar surface area (TPSA) is 86.5 Å². The molecule has 156 valence electrons. The van der Waals surface area contributed by atoms with Crippen LogP contribution in [0.2, 0.25) is 0 Å². The molecule has 0 atom stereocenters. The van der Waals surface area contributed by atoms with Gasteiger partial charge in [-0.15, -0.1) is 12.4 Å². The number of carbonyl (C=O) groups excluding carboxylic acids is 2. The lowest BCUT2D eigenvalue weighted by Crippen LogP contribution is -2.46. The van der Waals surface area contributed by atoms with Gasteiger partial charge in [0.25, 0.3) is 11.8 Å². The highest BCUT2D eigenvalue weighted by Crippen LogP contribution is 2.36. The second-order valence-electron chi connectivity index (χ2n) is 7.38. The van der Waals surface area contributed by atoms with Gasteiger partial charge in [0, 0.05) is 66.0 Å². The number of carbonyl (C=O) groups is 2. The number of ether oxygens (including phenoxy) is 1. The highest BCUT2D eigenvalue weighted by molar-refractivity contribution is 6.06. The maximum Gasteiger partial charge on any atom is 0.253 e. The largest absolute Gasteiger partial charge is 0.496 e. The van der Waals surface area contributed by atoms with Crippen molar-refractivity contribution in [1.29, 1.82) is 0 Å². The predicted molar refractivity (Wildman–Crippen MR) is 117 cm³/mol. The highest BCUT2D eigenvalue weighted by Gasteiger charge is 2.27. The number of nitrogens with zero attached hydrogens (tertiary/aromatic N) is 1. The third-order valence-corrected chi connectivity index (χ3v) is 5.70. The number of nitrogens with one attached hydrogen (secondary N) is 3. The number of hydrogen-bond acceptors (Lipinski definition) is 4. The van der Waals surface area contributed by atoms with Crippen LogP contribution in [0.25, 0.3) is 22.2 Å². The first kappa shape index (κ1) is 20.3. The minimum atomic E-state index is -0.0952. The molecule has 3 heterocycles. The van der Waals surface area contributed by atoms with E-state index in [2.05, 4.69) is 15.6 Å². The molecular formula is C22H23ClN4O3. The Morgan fingerprint density at radius 3 is 2.67 bits per heavy atom. The van der Waals surface area contributed by atoms with Crippen LogP contribution in [0.15, 0.2) is 36.4 Å². The van der Waals surface area contributed by atoms with E-state index in [1.54, 1.807) is 7.11 Å². The second kappa shape index (κ2) is 8.01. The molecule has 2 aliphatic heterocycles. The van der Waals surface area contributed by atoms with Gasteiger partial charge in [-0.25, -0.2) is 0 Å². The normalized spacial score (nSPS) is 15.5. The van der Waals surface area contributed by atoms with Gasteiger partial charge in [0.1, 0.15) is 5.75 Å².